The third-order valence-electron chi connectivity index (χ3n) is 2.16. The van der Waals surface area contributed by atoms with Gasteiger partial charge in [0.25, 0.3) is 0 Å². The van der Waals surface area contributed by atoms with Crippen molar-refractivity contribution in [2.24, 2.45) is 0 Å². The van der Waals surface area contributed by atoms with Crippen LogP contribution in [0.15, 0.2) is 18.2 Å². The molecule has 1 aromatic rings. The summed E-state index contributed by atoms with van der Waals surface area (Å²) in [7, 11) is 0. The van der Waals surface area contributed by atoms with E-state index in [0.717, 1.165) is 12.8 Å². The van der Waals surface area contributed by atoms with Crippen molar-refractivity contribution in [1.29, 1.82) is 5.26 Å². The molecule has 0 spiro atoms. The first kappa shape index (κ1) is 13.8. The van der Waals surface area contributed by atoms with E-state index in [2.05, 4.69) is 5.32 Å². The second-order valence-corrected chi connectivity index (χ2v) is 4.31. The van der Waals surface area contributed by atoms with Crippen LogP contribution in [-0.4, -0.2) is 11.8 Å². The molecule has 0 bridgehead atoms. The molecule has 5 heteroatoms. The van der Waals surface area contributed by atoms with Crippen molar-refractivity contribution in [2.75, 3.05) is 11.2 Å². The zero-order chi connectivity index (χ0) is 12.7. The van der Waals surface area contributed by atoms with Gasteiger partial charge in [-0.2, -0.15) is 5.26 Å². The Balaban J connectivity index is 2.64. The second kappa shape index (κ2) is 7.16. The molecule has 1 aromatic carbocycles. The second-order valence-electron chi connectivity index (χ2n) is 3.50. The first-order valence-electron chi connectivity index (χ1n) is 5.23. The van der Waals surface area contributed by atoms with E-state index in [9.17, 15) is 4.79 Å². The molecule has 0 aliphatic rings. The van der Waals surface area contributed by atoms with Crippen LogP contribution < -0.4 is 5.32 Å². The Morgan fingerprint density at radius 2 is 2.18 bits per heavy atom. The molecule has 0 unspecified atom stereocenters. The van der Waals surface area contributed by atoms with Crippen LogP contribution in [0.5, 0.6) is 0 Å². The minimum atomic E-state index is -0.131. The number of benzene rings is 1. The highest BCUT2D eigenvalue weighted by Crippen LogP contribution is 2.20. The number of nitriles is 1. The van der Waals surface area contributed by atoms with Gasteiger partial charge in [0, 0.05) is 17.3 Å². The molecule has 1 N–H and O–H groups in total. The number of hydrogen-bond donors (Lipinski definition) is 1. The van der Waals surface area contributed by atoms with Crippen molar-refractivity contribution in [3.05, 3.63) is 28.8 Å². The molecule has 0 saturated carbocycles. The lowest BCUT2D eigenvalue weighted by molar-refractivity contribution is -0.116. The van der Waals surface area contributed by atoms with Gasteiger partial charge in [0.15, 0.2) is 0 Å². The Labute approximate surface area is 110 Å². The Kier molecular flexibility index (Phi) is 5.82. The van der Waals surface area contributed by atoms with Crippen molar-refractivity contribution in [3.63, 3.8) is 0 Å². The summed E-state index contributed by atoms with van der Waals surface area (Å²) in [6, 6.07) is 6.76. The molecule has 0 fully saturated rings. The first-order chi connectivity index (χ1) is 8.17. The summed E-state index contributed by atoms with van der Waals surface area (Å²) in [5.74, 6) is 0.419. The van der Waals surface area contributed by atoms with E-state index >= 15 is 0 Å². The van der Waals surface area contributed by atoms with Crippen LogP contribution >= 0.6 is 23.2 Å². The van der Waals surface area contributed by atoms with Crippen LogP contribution in [0.25, 0.3) is 0 Å². The smallest absolute Gasteiger partial charge is 0.224 e. The van der Waals surface area contributed by atoms with Gasteiger partial charge in [0.2, 0.25) is 5.91 Å². The van der Waals surface area contributed by atoms with Crippen LogP contribution in [0.1, 0.15) is 24.8 Å². The molecule has 0 aromatic heterocycles. The molecular weight excluding hydrogens is 259 g/mol. The van der Waals surface area contributed by atoms with Gasteiger partial charge in [-0.15, -0.1) is 11.6 Å². The van der Waals surface area contributed by atoms with Gasteiger partial charge in [-0.05, 0) is 31.0 Å². The minimum absolute atomic E-state index is 0.131. The number of rotatable bonds is 5. The van der Waals surface area contributed by atoms with E-state index < -0.39 is 0 Å². The maximum absolute atomic E-state index is 11.6. The van der Waals surface area contributed by atoms with E-state index in [0.29, 0.717) is 28.6 Å². The maximum Gasteiger partial charge on any atom is 0.224 e. The van der Waals surface area contributed by atoms with Crippen LogP contribution in [0.3, 0.4) is 0 Å². The van der Waals surface area contributed by atoms with Crippen LogP contribution in [0.4, 0.5) is 5.69 Å². The van der Waals surface area contributed by atoms with Crippen molar-refractivity contribution in [1.82, 2.24) is 0 Å². The van der Waals surface area contributed by atoms with E-state index in [-0.39, 0.29) is 5.91 Å². The number of carbonyl (C=O) groups excluding carboxylic acids is 1. The average molecular weight is 271 g/mol. The molecule has 0 atom stereocenters. The average Bonchev–Trinajstić information content (AvgIpc) is 2.29. The minimum Gasteiger partial charge on any atom is -0.325 e. The van der Waals surface area contributed by atoms with E-state index in [1.165, 1.54) is 0 Å². The fourth-order valence-electron chi connectivity index (χ4n) is 1.31. The van der Waals surface area contributed by atoms with Crippen molar-refractivity contribution in [2.45, 2.75) is 19.3 Å². The highest BCUT2D eigenvalue weighted by Gasteiger charge is 2.07. The number of carbonyl (C=O) groups is 1. The molecule has 90 valence electrons. The Morgan fingerprint density at radius 1 is 1.41 bits per heavy atom. The zero-order valence-corrected chi connectivity index (χ0v) is 10.7. The van der Waals surface area contributed by atoms with Crippen molar-refractivity contribution in [3.8, 4) is 6.07 Å². The molecule has 0 aliphatic carbocycles. The number of halogens is 2. The van der Waals surface area contributed by atoms with Gasteiger partial charge in [0.1, 0.15) is 6.07 Å². The van der Waals surface area contributed by atoms with Crippen LogP contribution in [-0.2, 0) is 4.79 Å². The summed E-state index contributed by atoms with van der Waals surface area (Å²) in [4.78, 5) is 11.6. The predicted molar refractivity (Wildman–Crippen MR) is 69.4 cm³/mol. The number of amides is 1. The Morgan fingerprint density at radius 3 is 2.82 bits per heavy atom. The third-order valence-corrected chi connectivity index (χ3v) is 2.67. The van der Waals surface area contributed by atoms with E-state index in [4.69, 9.17) is 28.5 Å². The number of alkyl halides is 1. The lowest BCUT2D eigenvalue weighted by Gasteiger charge is -2.07. The molecular formula is C12H12Cl2N2O. The fourth-order valence-corrected chi connectivity index (χ4v) is 1.67. The number of nitrogens with one attached hydrogen (secondary N) is 1. The highest BCUT2D eigenvalue weighted by atomic mass is 35.5. The summed E-state index contributed by atoms with van der Waals surface area (Å²) in [6.45, 7) is 0. The van der Waals surface area contributed by atoms with Gasteiger partial charge >= 0.3 is 0 Å². The quantitative estimate of drug-likeness (QED) is 0.657. The van der Waals surface area contributed by atoms with Crippen LogP contribution in [0.2, 0.25) is 5.02 Å². The summed E-state index contributed by atoms with van der Waals surface area (Å²) in [5.41, 5.74) is 0.857. The Hall–Kier alpha value is -1.24. The summed E-state index contributed by atoms with van der Waals surface area (Å²) in [6.07, 6.45) is 1.93. The number of anilines is 1. The van der Waals surface area contributed by atoms with Gasteiger partial charge < -0.3 is 5.32 Å². The normalized spacial score (nSPS) is 9.71. The maximum atomic E-state index is 11.6. The molecule has 0 saturated heterocycles. The van der Waals surface area contributed by atoms with Crippen molar-refractivity contribution < 1.29 is 4.79 Å². The monoisotopic (exact) mass is 270 g/mol. The molecule has 0 aliphatic heterocycles. The molecule has 1 rings (SSSR count). The SMILES string of the molecule is N#Cc1ccc(Cl)cc1NC(=O)CCCCCl. The highest BCUT2D eigenvalue weighted by molar-refractivity contribution is 6.31. The lowest BCUT2D eigenvalue weighted by Crippen LogP contribution is -2.12. The Bertz CT molecular complexity index is 441. The van der Waals surface area contributed by atoms with Crippen molar-refractivity contribution >= 4 is 34.8 Å². The van der Waals surface area contributed by atoms with E-state index in [1.54, 1.807) is 18.2 Å². The molecule has 1 amide bonds. The molecule has 3 nitrogen and oxygen atoms in total. The van der Waals surface area contributed by atoms with Gasteiger partial charge in [-0.1, -0.05) is 11.6 Å². The van der Waals surface area contributed by atoms with Crippen LogP contribution in [0, 0.1) is 11.3 Å². The standard InChI is InChI=1S/C12H12Cl2N2O/c13-6-2-1-3-12(17)16-11-7-10(14)5-4-9(11)8-15/h4-5,7H,1-3,6H2,(H,16,17). The molecule has 0 heterocycles. The van der Waals surface area contributed by atoms with E-state index in [1.807, 2.05) is 6.07 Å². The zero-order valence-electron chi connectivity index (χ0n) is 9.17. The topological polar surface area (TPSA) is 52.9 Å². The summed E-state index contributed by atoms with van der Waals surface area (Å²) in [5, 5.41) is 12.0. The first-order valence-corrected chi connectivity index (χ1v) is 6.14. The number of nitrogens with zero attached hydrogens (tertiary/aromatic N) is 1. The van der Waals surface area contributed by atoms with Gasteiger partial charge in [-0.3, -0.25) is 4.79 Å². The molecule has 17 heavy (non-hydrogen) atoms. The third kappa shape index (κ3) is 4.64. The largest absolute Gasteiger partial charge is 0.325 e. The number of hydrogen-bond acceptors (Lipinski definition) is 2. The lowest BCUT2D eigenvalue weighted by atomic mass is 10.2. The fraction of sp³-hybridized carbons (Fsp3) is 0.333. The van der Waals surface area contributed by atoms with Gasteiger partial charge in [-0.25, -0.2) is 0 Å². The molecule has 0 radical (unpaired) electrons. The summed E-state index contributed by atoms with van der Waals surface area (Å²) >= 11 is 11.3. The summed E-state index contributed by atoms with van der Waals surface area (Å²) < 4.78 is 0. The number of unbranched alkanes of at least 4 members (excludes halogenated alkanes) is 1. The van der Waals surface area contributed by atoms with Gasteiger partial charge in [0.05, 0.1) is 11.3 Å². The predicted octanol–water partition coefficient (Wildman–Crippen LogP) is 3.56.